The average Bonchev–Trinajstić information content (AvgIpc) is 2.09. The predicted molar refractivity (Wildman–Crippen MR) is 54.4 cm³/mol. The number of rotatable bonds is 3. The van der Waals surface area contributed by atoms with Gasteiger partial charge in [0.05, 0.1) is 0 Å². The molecule has 0 radical (unpaired) electrons. The first kappa shape index (κ1) is 10.5. The second-order valence-electron chi connectivity index (χ2n) is 2.82. The Kier molecular flexibility index (Phi) is 3.71. The van der Waals surface area contributed by atoms with Crippen molar-refractivity contribution < 1.29 is 10.2 Å². The van der Waals surface area contributed by atoms with Gasteiger partial charge < -0.3 is 15.9 Å². The van der Waals surface area contributed by atoms with E-state index in [1.807, 2.05) is 0 Å². The molecular weight excluding hydrogens is 234 g/mol. The van der Waals surface area contributed by atoms with Crippen molar-refractivity contribution in [2.24, 2.45) is 5.73 Å². The largest absolute Gasteiger partial charge is 0.508 e. The van der Waals surface area contributed by atoms with Crippen molar-refractivity contribution in [3.05, 3.63) is 28.2 Å². The molecule has 4 heteroatoms. The molecule has 0 heterocycles. The van der Waals surface area contributed by atoms with Crippen molar-refractivity contribution in [3.63, 3.8) is 0 Å². The molecule has 0 saturated heterocycles. The van der Waals surface area contributed by atoms with E-state index in [9.17, 15) is 5.11 Å². The maximum Gasteiger partial charge on any atom is 0.115 e. The third kappa shape index (κ3) is 2.69. The van der Waals surface area contributed by atoms with E-state index < -0.39 is 0 Å². The molecule has 72 valence electrons. The number of benzene rings is 1. The maximum atomic E-state index is 9.22. The van der Waals surface area contributed by atoms with Crippen LogP contribution in [0.15, 0.2) is 22.7 Å². The molecule has 13 heavy (non-hydrogen) atoms. The topological polar surface area (TPSA) is 66.5 Å². The molecule has 1 unspecified atom stereocenters. The van der Waals surface area contributed by atoms with Crippen LogP contribution in [0.2, 0.25) is 0 Å². The Bertz CT molecular complexity index is 291. The quantitative estimate of drug-likeness (QED) is 0.757. The molecule has 3 nitrogen and oxygen atoms in total. The Morgan fingerprint density at radius 2 is 2.15 bits per heavy atom. The summed E-state index contributed by atoms with van der Waals surface area (Å²) in [5, 5.41) is 17.9. The fourth-order valence-corrected chi connectivity index (χ4v) is 1.65. The molecule has 1 aromatic rings. The van der Waals surface area contributed by atoms with E-state index in [1.54, 1.807) is 18.2 Å². The second-order valence-corrected chi connectivity index (χ2v) is 3.68. The third-order valence-electron chi connectivity index (χ3n) is 1.82. The lowest BCUT2D eigenvalue weighted by atomic mass is 10.1. The monoisotopic (exact) mass is 245 g/mol. The summed E-state index contributed by atoms with van der Waals surface area (Å²) < 4.78 is 0.853. The van der Waals surface area contributed by atoms with Crippen LogP contribution in [0.4, 0.5) is 0 Å². The third-order valence-corrected chi connectivity index (χ3v) is 2.54. The second kappa shape index (κ2) is 4.60. The van der Waals surface area contributed by atoms with Gasteiger partial charge in [-0.25, -0.2) is 0 Å². The molecule has 0 spiro atoms. The van der Waals surface area contributed by atoms with Crippen molar-refractivity contribution in [1.29, 1.82) is 0 Å². The molecule has 0 bridgehead atoms. The highest BCUT2D eigenvalue weighted by atomic mass is 79.9. The summed E-state index contributed by atoms with van der Waals surface area (Å²) in [6, 6.07) is 4.68. The zero-order chi connectivity index (χ0) is 9.84. The molecule has 0 aliphatic rings. The van der Waals surface area contributed by atoms with Crippen LogP contribution in [0.3, 0.4) is 0 Å². The smallest absolute Gasteiger partial charge is 0.115 e. The molecule has 0 aliphatic carbocycles. The average molecular weight is 246 g/mol. The van der Waals surface area contributed by atoms with Crippen LogP contribution < -0.4 is 5.73 Å². The van der Waals surface area contributed by atoms with Gasteiger partial charge in [0.2, 0.25) is 0 Å². The minimum absolute atomic E-state index is 0.0449. The summed E-state index contributed by atoms with van der Waals surface area (Å²) >= 11 is 3.33. The molecule has 0 aromatic heterocycles. The fourth-order valence-electron chi connectivity index (χ4n) is 1.11. The van der Waals surface area contributed by atoms with Gasteiger partial charge in [0.25, 0.3) is 0 Å². The number of phenolic OH excluding ortho intramolecular Hbond substituents is 1. The van der Waals surface area contributed by atoms with Gasteiger partial charge in [-0.2, -0.15) is 0 Å². The van der Waals surface area contributed by atoms with Gasteiger partial charge >= 0.3 is 0 Å². The number of hydrogen-bond acceptors (Lipinski definition) is 3. The lowest BCUT2D eigenvalue weighted by molar-refractivity contribution is 0.276. The van der Waals surface area contributed by atoms with E-state index in [4.69, 9.17) is 10.8 Å². The molecule has 1 aromatic carbocycles. The van der Waals surface area contributed by atoms with Crippen LogP contribution in [0.25, 0.3) is 0 Å². The number of phenols is 1. The van der Waals surface area contributed by atoms with Crippen LogP contribution >= 0.6 is 15.9 Å². The first-order chi connectivity index (χ1) is 6.15. The standard InChI is InChI=1S/C9H12BrNO2/c10-8-2-1-6(13)5-7(8)9(11)3-4-12/h1-2,5,9,12-13H,3-4,11H2. The number of halogens is 1. The molecule has 1 rings (SSSR count). The van der Waals surface area contributed by atoms with Crippen molar-refractivity contribution in [2.45, 2.75) is 12.5 Å². The summed E-state index contributed by atoms with van der Waals surface area (Å²) in [5.74, 6) is 0.187. The first-order valence-electron chi connectivity index (χ1n) is 4.00. The van der Waals surface area contributed by atoms with Gasteiger partial charge in [-0.15, -0.1) is 0 Å². The number of aliphatic hydroxyl groups is 1. The summed E-state index contributed by atoms with van der Waals surface area (Å²) in [7, 11) is 0. The fraction of sp³-hybridized carbons (Fsp3) is 0.333. The highest BCUT2D eigenvalue weighted by molar-refractivity contribution is 9.10. The van der Waals surface area contributed by atoms with Crippen LogP contribution in [-0.4, -0.2) is 16.8 Å². The van der Waals surface area contributed by atoms with Crippen molar-refractivity contribution >= 4 is 15.9 Å². The Balaban J connectivity index is 2.91. The first-order valence-corrected chi connectivity index (χ1v) is 4.79. The molecule has 0 aliphatic heterocycles. The van der Waals surface area contributed by atoms with Crippen LogP contribution in [-0.2, 0) is 0 Å². The van der Waals surface area contributed by atoms with Gasteiger partial charge in [0, 0.05) is 17.1 Å². The van der Waals surface area contributed by atoms with Crippen molar-refractivity contribution in [1.82, 2.24) is 0 Å². The number of nitrogens with two attached hydrogens (primary N) is 1. The number of aromatic hydroxyl groups is 1. The van der Waals surface area contributed by atoms with Crippen LogP contribution in [0.1, 0.15) is 18.0 Å². The Hall–Kier alpha value is -0.580. The molecule has 0 amide bonds. The highest BCUT2D eigenvalue weighted by Crippen LogP contribution is 2.27. The van der Waals surface area contributed by atoms with Crippen LogP contribution in [0.5, 0.6) is 5.75 Å². The highest BCUT2D eigenvalue weighted by Gasteiger charge is 2.09. The lowest BCUT2D eigenvalue weighted by Crippen LogP contribution is -2.12. The van der Waals surface area contributed by atoms with Gasteiger partial charge in [-0.1, -0.05) is 15.9 Å². The molecule has 0 fully saturated rings. The van der Waals surface area contributed by atoms with E-state index >= 15 is 0 Å². The predicted octanol–water partition coefficient (Wildman–Crippen LogP) is 1.54. The molecule has 0 saturated carbocycles. The van der Waals surface area contributed by atoms with E-state index in [0.29, 0.717) is 6.42 Å². The van der Waals surface area contributed by atoms with Gasteiger partial charge in [0.15, 0.2) is 0 Å². The van der Waals surface area contributed by atoms with Gasteiger partial charge in [-0.05, 0) is 30.2 Å². The molecular formula is C9H12BrNO2. The minimum Gasteiger partial charge on any atom is -0.508 e. The lowest BCUT2D eigenvalue weighted by Gasteiger charge is -2.12. The molecule has 4 N–H and O–H groups in total. The summed E-state index contributed by atoms with van der Waals surface area (Å²) in [6.45, 7) is 0.0449. The minimum atomic E-state index is -0.244. The Labute approximate surface area is 85.3 Å². The van der Waals surface area contributed by atoms with Gasteiger partial charge in [-0.3, -0.25) is 0 Å². The van der Waals surface area contributed by atoms with Crippen molar-refractivity contribution in [3.8, 4) is 5.75 Å². The number of hydrogen-bond donors (Lipinski definition) is 3. The SMILES string of the molecule is NC(CCO)c1cc(O)ccc1Br. The zero-order valence-electron chi connectivity index (χ0n) is 7.07. The normalized spacial score (nSPS) is 12.8. The molecule has 1 atom stereocenters. The van der Waals surface area contributed by atoms with E-state index in [1.165, 1.54) is 0 Å². The summed E-state index contributed by atoms with van der Waals surface area (Å²) in [4.78, 5) is 0. The zero-order valence-corrected chi connectivity index (χ0v) is 8.66. The van der Waals surface area contributed by atoms with E-state index in [2.05, 4.69) is 15.9 Å². The van der Waals surface area contributed by atoms with Crippen LogP contribution in [0, 0.1) is 0 Å². The van der Waals surface area contributed by atoms with Crippen molar-refractivity contribution in [2.75, 3.05) is 6.61 Å². The summed E-state index contributed by atoms with van der Waals surface area (Å²) in [5.41, 5.74) is 6.59. The van der Waals surface area contributed by atoms with E-state index in [-0.39, 0.29) is 18.4 Å². The number of aliphatic hydroxyl groups excluding tert-OH is 1. The Morgan fingerprint density at radius 3 is 2.77 bits per heavy atom. The van der Waals surface area contributed by atoms with E-state index in [0.717, 1.165) is 10.0 Å². The van der Waals surface area contributed by atoms with Gasteiger partial charge in [0.1, 0.15) is 5.75 Å². The summed E-state index contributed by atoms with van der Waals surface area (Å²) in [6.07, 6.45) is 0.488. The Morgan fingerprint density at radius 1 is 1.46 bits per heavy atom. The maximum absolute atomic E-state index is 9.22.